The second-order valence-electron chi connectivity index (χ2n) is 4.33. The van der Waals surface area contributed by atoms with Crippen LogP contribution in [0.25, 0.3) is 0 Å². The van der Waals surface area contributed by atoms with Crippen LogP contribution in [-0.4, -0.2) is 35.0 Å². The molecule has 0 bridgehead atoms. The monoisotopic (exact) mass is 277 g/mol. The smallest absolute Gasteiger partial charge is 0.357 e. The van der Waals surface area contributed by atoms with Crippen LogP contribution in [0.15, 0.2) is 12.4 Å². The SMILES string of the molecule is O=C(NCC(F)(F)F)c1cnn(C2CCCCO2)c1. The van der Waals surface area contributed by atoms with Crippen LogP contribution < -0.4 is 5.32 Å². The minimum absolute atomic E-state index is 0.0958. The van der Waals surface area contributed by atoms with Gasteiger partial charge in [-0.15, -0.1) is 0 Å². The summed E-state index contributed by atoms with van der Waals surface area (Å²) in [7, 11) is 0. The average molecular weight is 277 g/mol. The molecule has 2 heterocycles. The van der Waals surface area contributed by atoms with Gasteiger partial charge in [-0.25, -0.2) is 4.68 Å². The Hall–Kier alpha value is -1.57. The number of rotatable bonds is 3. The van der Waals surface area contributed by atoms with Gasteiger partial charge in [-0.3, -0.25) is 4.79 Å². The maximum atomic E-state index is 12.0. The molecule has 0 radical (unpaired) electrons. The van der Waals surface area contributed by atoms with Crippen LogP contribution in [0.3, 0.4) is 0 Å². The van der Waals surface area contributed by atoms with Gasteiger partial charge < -0.3 is 10.1 Å². The van der Waals surface area contributed by atoms with Gasteiger partial charge in [0.2, 0.25) is 0 Å². The molecule has 19 heavy (non-hydrogen) atoms. The fourth-order valence-corrected chi connectivity index (χ4v) is 1.83. The molecule has 2 rings (SSSR count). The summed E-state index contributed by atoms with van der Waals surface area (Å²) in [6.45, 7) is -0.725. The van der Waals surface area contributed by atoms with Crippen LogP contribution >= 0.6 is 0 Å². The molecule has 1 aromatic rings. The zero-order valence-electron chi connectivity index (χ0n) is 10.1. The minimum Gasteiger partial charge on any atom is -0.357 e. The molecular formula is C11H14F3N3O2. The molecule has 1 fully saturated rings. The van der Waals surface area contributed by atoms with Crippen LogP contribution in [0.2, 0.25) is 0 Å². The first-order chi connectivity index (χ1) is 8.96. The number of ether oxygens (including phenoxy) is 1. The standard InChI is InChI=1S/C11H14F3N3O2/c12-11(13,14)7-15-10(18)8-5-16-17(6-8)9-3-1-2-4-19-9/h5-6,9H,1-4,7H2,(H,15,18). The Morgan fingerprint density at radius 3 is 2.95 bits per heavy atom. The second kappa shape index (κ2) is 5.60. The number of nitrogens with one attached hydrogen (secondary N) is 1. The van der Waals surface area contributed by atoms with Crippen molar-refractivity contribution in [3.8, 4) is 0 Å². The number of carbonyl (C=O) groups is 1. The van der Waals surface area contributed by atoms with E-state index in [0.29, 0.717) is 6.61 Å². The lowest BCUT2D eigenvalue weighted by atomic mass is 10.2. The van der Waals surface area contributed by atoms with Crippen LogP contribution in [0.1, 0.15) is 35.8 Å². The molecule has 1 N–H and O–H groups in total. The number of carbonyl (C=O) groups excluding carboxylic acids is 1. The molecule has 5 nitrogen and oxygen atoms in total. The number of nitrogens with zero attached hydrogens (tertiary/aromatic N) is 2. The molecule has 0 saturated carbocycles. The first-order valence-corrected chi connectivity index (χ1v) is 5.96. The summed E-state index contributed by atoms with van der Waals surface area (Å²) in [4.78, 5) is 11.5. The van der Waals surface area contributed by atoms with Crippen LogP contribution in [-0.2, 0) is 4.74 Å². The van der Waals surface area contributed by atoms with E-state index >= 15 is 0 Å². The lowest BCUT2D eigenvalue weighted by Crippen LogP contribution is -2.33. The van der Waals surface area contributed by atoms with E-state index in [9.17, 15) is 18.0 Å². The van der Waals surface area contributed by atoms with Gasteiger partial charge in [0.1, 0.15) is 12.8 Å². The molecule has 1 aliphatic heterocycles. The van der Waals surface area contributed by atoms with Gasteiger partial charge in [-0.05, 0) is 19.3 Å². The number of halogens is 3. The van der Waals surface area contributed by atoms with Crippen molar-refractivity contribution in [3.05, 3.63) is 18.0 Å². The summed E-state index contributed by atoms with van der Waals surface area (Å²) in [5.74, 6) is -0.792. The summed E-state index contributed by atoms with van der Waals surface area (Å²) in [6.07, 6.45) is 0.754. The first kappa shape index (κ1) is 13.9. The van der Waals surface area contributed by atoms with E-state index < -0.39 is 18.6 Å². The lowest BCUT2D eigenvalue weighted by Gasteiger charge is -2.22. The molecule has 1 aromatic heterocycles. The van der Waals surface area contributed by atoms with Crippen LogP contribution in [0.5, 0.6) is 0 Å². The molecule has 8 heteroatoms. The van der Waals surface area contributed by atoms with E-state index in [-0.39, 0.29) is 11.8 Å². The highest BCUT2D eigenvalue weighted by Crippen LogP contribution is 2.21. The number of amides is 1. The van der Waals surface area contributed by atoms with Gasteiger partial charge in [0.15, 0.2) is 0 Å². The Labute approximate surface area is 107 Å². The summed E-state index contributed by atoms with van der Waals surface area (Å²) >= 11 is 0. The van der Waals surface area contributed by atoms with E-state index in [1.807, 2.05) is 0 Å². The van der Waals surface area contributed by atoms with Crippen molar-refractivity contribution in [2.75, 3.05) is 13.2 Å². The predicted octanol–water partition coefficient (Wildman–Crippen LogP) is 1.87. The van der Waals surface area contributed by atoms with E-state index in [1.165, 1.54) is 17.1 Å². The predicted molar refractivity (Wildman–Crippen MR) is 59.5 cm³/mol. The Bertz CT molecular complexity index is 439. The minimum atomic E-state index is -4.42. The highest BCUT2D eigenvalue weighted by Gasteiger charge is 2.28. The van der Waals surface area contributed by atoms with E-state index in [0.717, 1.165) is 19.3 Å². The van der Waals surface area contributed by atoms with E-state index in [1.54, 1.807) is 5.32 Å². The van der Waals surface area contributed by atoms with Gasteiger partial charge in [0.25, 0.3) is 5.91 Å². The van der Waals surface area contributed by atoms with Crippen molar-refractivity contribution >= 4 is 5.91 Å². The molecule has 0 aliphatic carbocycles. The third-order valence-electron chi connectivity index (χ3n) is 2.76. The molecule has 1 saturated heterocycles. The van der Waals surface area contributed by atoms with Gasteiger partial charge >= 0.3 is 6.18 Å². The quantitative estimate of drug-likeness (QED) is 0.917. The molecule has 106 valence electrons. The molecule has 0 aromatic carbocycles. The van der Waals surface area contributed by atoms with Gasteiger partial charge in [0.05, 0.1) is 11.8 Å². The topological polar surface area (TPSA) is 56.2 Å². The number of hydrogen-bond acceptors (Lipinski definition) is 3. The fourth-order valence-electron chi connectivity index (χ4n) is 1.83. The van der Waals surface area contributed by atoms with E-state index in [2.05, 4.69) is 5.10 Å². The maximum Gasteiger partial charge on any atom is 0.405 e. The van der Waals surface area contributed by atoms with Crippen molar-refractivity contribution in [2.24, 2.45) is 0 Å². The van der Waals surface area contributed by atoms with Crippen LogP contribution in [0.4, 0.5) is 13.2 Å². The third-order valence-corrected chi connectivity index (χ3v) is 2.76. The summed E-state index contributed by atoms with van der Waals surface area (Å²) in [5.41, 5.74) is 0.0958. The second-order valence-corrected chi connectivity index (χ2v) is 4.33. The fraction of sp³-hybridized carbons (Fsp3) is 0.636. The Morgan fingerprint density at radius 2 is 2.32 bits per heavy atom. The Kier molecular flexibility index (Phi) is 4.08. The number of alkyl halides is 3. The van der Waals surface area contributed by atoms with Crippen molar-refractivity contribution in [1.29, 1.82) is 0 Å². The molecule has 1 atom stereocenters. The molecule has 0 spiro atoms. The van der Waals surface area contributed by atoms with Crippen molar-refractivity contribution in [1.82, 2.24) is 15.1 Å². The molecule has 1 amide bonds. The normalized spacial score (nSPS) is 20.3. The van der Waals surface area contributed by atoms with Gasteiger partial charge in [0, 0.05) is 12.8 Å². The molecule has 1 aliphatic rings. The Balaban J connectivity index is 1.94. The largest absolute Gasteiger partial charge is 0.405 e. The number of hydrogen-bond donors (Lipinski definition) is 1. The van der Waals surface area contributed by atoms with Crippen LogP contribution in [0, 0.1) is 0 Å². The third kappa shape index (κ3) is 3.95. The summed E-state index contributed by atoms with van der Waals surface area (Å²) < 4.78 is 42.9. The average Bonchev–Trinajstić information content (AvgIpc) is 2.86. The highest BCUT2D eigenvalue weighted by atomic mass is 19.4. The molecule has 1 unspecified atom stereocenters. The molecular weight excluding hydrogens is 263 g/mol. The Morgan fingerprint density at radius 1 is 1.53 bits per heavy atom. The van der Waals surface area contributed by atoms with Crippen molar-refractivity contribution in [3.63, 3.8) is 0 Å². The first-order valence-electron chi connectivity index (χ1n) is 5.96. The zero-order chi connectivity index (χ0) is 13.9. The lowest BCUT2D eigenvalue weighted by molar-refractivity contribution is -0.123. The number of aromatic nitrogens is 2. The van der Waals surface area contributed by atoms with Crippen molar-refractivity contribution < 1.29 is 22.7 Å². The maximum absolute atomic E-state index is 12.0. The van der Waals surface area contributed by atoms with Crippen molar-refractivity contribution in [2.45, 2.75) is 31.7 Å². The van der Waals surface area contributed by atoms with Gasteiger partial charge in [-0.2, -0.15) is 18.3 Å². The van der Waals surface area contributed by atoms with E-state index in [4.69, 9.17) is 4.74 Å². The highest BCUT2D eigenvalue weighted by molar-refractivity contribution is 5.93. The summed E-state index contributed by atoms with van der Waals surface area (Å²) in [5, 5.41) is 5.75. The summed E-state index contributed by atoms with van der Waals surface area (Å²) in [6, 6.07) is 0. The van der Waals surface area contributed by atoms with Gasteiger partial charge in [-0.1, -0.05) is 0 Å². The zero-order valence-corrected chi connectivity index (χ0v) is 10.1.